The summed E-state index contributed by atoms with van der Waals surface area (Å²) in [5, 5.41) is 21.8. The van der Waals surface area contributed by atoms with Crippen molar-refractivity contribution in [3.8, 4) is 17.0 Å². The monoisotopic (exact) mass is 435 g/mol. The number of nitriles is 1. The van der Waals surface area contributed by atoms with E-state index in [1.54, 1.807) is 36.4 Å². The number of nitrogens with zero attached hydrogens (tertiary/aromatic N) is 4. The van der Waals surface area contributed by atoms with Crippen LogP contribution < -0.4 is 11.2 Å². The van der Waals surface area contributed by atoms with Crippen molar-refractivity contribution in [2.75, 3.05) is 0 Å². The summed E-state index contributed by atoms with van der Waals surface area (Å²) < 4.78 is 1.84. The maximum Gasteiger partial charge on any atom is 0.335 e. The molecule has 0 amide bonds. The van der Waals surface area contributed by atoms with Gasteiger partial charge in [-0.05, 0) is 49.0 Å². The summed E-state index contributed by atoms with van der Waals surface area (Å²) in [4.78, 5) is 36.0. The Balaban J connectivity index is 1.75. The number of hydrogen-bond acceptors (Lipinski definition) is 8. The average molecular weight is 435 g/mol. The minimum atomic E-state index is -0.751. The Morgan fingerprint density at radius 2 is 2.03 bits per heavy atom. The number of nitrogens with one attached hydrogen (secondary N) is 1. The van der Waals surface area contributed by atoms with Crippen LogP contribution in [0.3, 0.4) is 0 Å². The van der Waals surface area contributed by atoms with Gasteiger partial charge in [-0.25, -0.2) is 19.3 Å². The van der Waals surface area contributed by atoms with Crippen LogP contribution in [0.2, 0.25) is 0 Å². The molecule has 30 heavy (non-hydrogen) atoms. The van der Waals surface area contributed by atoms with Crippen molar-refractivity contribution >= 4 is 44.7 Å². The van der Waals surface area contributed by atoms with E-state index in [1.807, 2.05) is 18.4 Å². The Hall–Kier alpha value is -3.68. The summed E-state index contributed by atoms with van der Waals surface area (Å²) in [5.41, 5.74) is 0.452. The summed E-state index contributed by atoms with van der Waals surface area (Å²) in [6.07, 6.45) is 1.18. The van der Waals surface area contributed by atoms with Crippen LogP contribution in [0.15, 0.2) is 61.9 Å². The lowest BCUT2D eigenvalue weighted by Gasteiger charge is -2.09. The molecule has 0 aliphatic carbocycles. The number of aromatic amines is 1. The number of hydrogen-bond donors (Lipinski definition) is 2. The highest BCUT2D eigenvalue weighted by atomic mass is 32.2. The molecule has 0 atom stereocenters. The zero-order valence-corrected chi connectivity index (χ0v) is 17.1. The number of thioether (sulfide) groups is 1. The second-order valence-corrected chi connectivity index (χ2v) is 8.11. The first-order chi connectivity index (χ1) is 14.5. The zero-order valence-electron chi connectivity index (χ0n) is 15.5. The number of aromatic hydroxyl groups is 1. The van der Waals surface area contributed by atoms with Crippen molar-refractivity contribution in [1.82, 2.24) is 14.5 Å². The third kappa shape index (κ3) is 3.76. The van der Waals surface area contributed by atoms with E-state index in [0.29, 0.717) is 16.3 Å². The summed E-state index contributed by atoms with van der Waals surface area (Å²) in [5.74, 6) is -0.509. The Labute approximate surface area is 177 Å². The number of aliphatic imine (C=N–C) groups is 1. The molecule has 0 aliphatic rings. The number of aryl methyl sites for hydroxylation is 1. The summed E-state index contributed by atoms with van der Waals surface area (Å²) in [6.45, 7) is 1.90. The van der Waals surface area contributed by atoms with E-state index >= 15 is 0 Å². The lowest BCUT2D eigenvalue weighted by atomic mass is 10.2. The number of rotatable bonds is 4. The maximum absolute atomic E-state index is 12.2. The van der Waals surface area contributed by atoms with E-state index in [0.717, 1.165) is 31.5 Å². The number of benzene rings is 2. The summed E-state index contributed by atoms with van der Waals surface area (Å²) in [7, 11) is 0. The predicted molar refractivity (Wildman–Crippen MR) is 117 cm³/mol. The summed E-state index contributed by atoms with van der Waals surface area (Å²) in [6, 6.07) is 12.3. The number of fused-ring (bicyclic) bond motifs is 1. The minimum absolute atomic E-state index is 0.157. The molecule has 2 aromatic heterocycles. The van der Waals surface area contributed by atoms with Gasteiger partial charge in [-0.2, -0.15) is 5.26 Å². The largest absolute Gasteiger partial charge is 0.493 e. The molecule has 0 radical (unpaired) electrons. The van der Waals surface area contributed by atoms with E-state index in [9.17, 15) is 14.7 Å². The Kier molecular flexibility index (Phi) is 5.22. The number of thiazole rings is 1. The van der Waals surface area contributed by atoms with Crippen LogP contribution in [0.4, 0.5) is 5.13 Å². The molecule has 0 spiro atoms. The van der Waals surface area contributed by atoms with Crippen molar-refractivity contribution < 1.29 is 5.11 Å². The first-order valence-electron chi connectivity index (χ1n) is 8.62. The van der Waals surface area contributed by atoms with E-state index in [1.165, 1.54) is 17.6 Å². The molecule has 148 valence electrons. The third-order valence-electron chi connectivity index (χ3n) is 4.23. The van der Waals surface area contributed by atoms with Crippen molar-refractivity contribution in [1.29, 1.82) is 5.26 Å². The van der Waals surface area contributed by atoms with Gasteiger partial charge in [0.25, 0.3) is 5.56 Å². The lowest BCUT2D eigenvalue weighted by Crippen LogP contribution is -2.31. The van der Waals surface area contributed by atoms with Gasteiger partial charge in [-0.3, -0.25) is 9.78 Å². The molecule has 10 heteroatoms. The van der Waals surface area contributed by atoms with Gasteiger partial charge < -0.3 is 5.11 Å². The number of thiocyanates is 1. The van der Waals surface area contributed by atoms with Gasteiger partial charge in [0.05, 0.1) is 15.9 Å². The second-order valence-electron chi connectivity index (χ2n) is 6.25. The SMILES string of the molecule is Cc1ccc(-n2c(O)c(/C=N/c3nc4ccc(SC#N)cc4s3)c(=O)[nH]c2=O)cc1. The van der Waals surface area contributed by atoms with Gasteiger partial charge >= 0.3 is 5.69 Å². The van der Waals surface area contributed by atoms with Crippen LogP contribution in [0.25, 0.3) is 15.9 Å². The molecule has 0 aliphatic heterocycles. The molecular weight excluding hydrogens is 422 g/mol. The molecule has 0 saturated carbocycles. The smallest absolute Gasteiger partial charge is 0.335 e. The van der Waals surface area contributed by atoms with E-state index < -0.39 is 17.1 Å². The third-order valence-corrected chi connectivity index (χ3v) is 5.74. The standard InChI is InChI=1S/C20H13N5O3S2/c1-11-2-4-12(5-3-11)25-18(27)14(17(26)24-20(25)28)9-22-19-23-15-7-6-13(29-10-21)8-16(15)30-19/h2-9,27H,1H3,(H,24,26,28)/b22-9+. The first kappa shape index (κ1) is 19.6. The van der Waals surface area contributed by atoms with Crippen LogP contribution in [-0.4, -0.2) is 25.9 Å². The van der Waals surface area contributed by atoms with Gasteiger partial charge in [-0.1, -0.05) is 29.0 Å². The van der Waals surface area contributed by atoms with Crippen LogP contribution in [-0.2, 0) is 0 Å². The molecular formula is C20H13N5O3S2. The average Bonchev–Trinajstić information content (AvgIpc) is 3.11. The van der Waals surface area contributed by atoms with Crippen molar-refractivity contribution in [3.63, 3.8) is 0 Å². The number of aromatic nitrogens is 3. The predicted octanol–water partition coefficient (Wildman–Crippen LogP) is 3.47. The van der Waals surface area contributed by atoms with Gasteiger partial charge in [0.2, 0.25) is 11.0 Å². The van der Waals surface area contributed by atoms with E-state index in [4.69, 9.17) is 5.26 Å². The molecule has 4 aromatic rings. The Morgan fingerprint density at radius 3 is 2.77 bits per heavy atom. The molecule has 0 saturated heterocycles. The van der Waals surface area contributed by atoms with Crippen molar-refractivity contribution in [3.05, 3.63) is 74.4 Å². The van der Waals surface area contributed by atoms with Gasteiger partial charge in [-0.15, -0.1) is 0 Å². The quantitative estimate of drug-likeness (QED) is 0.287. The fourth-order valence-corrected chi connectivity index (χ4v) is 4.12. The Morgan fingerprint density at radius 1 is 1.27 bits per heavy atom. The van der Waals surface area contributed by atoms with Crippen LogP contribution in [0.1, 0.15) is 11.1 Å². The molecule has 0 fully saturated rings. The van der Waals surface area contributed by atoms with Crippen molar-refractivity contribution in [2.24, 2.45) is 4.99 Å². The van der Waals surface area contributed by atoms with Gasteiger partial charge in [0.1, 0.15) is 11.0 Å². The highest BCUT2D eigenvalue weighted by Gasteiger charge is 2.14. The Bertz CT molecular complexity index is 1440. The molecule has 2 N–H and O–H groups in total. The highest BCUT2D eigenvalue weighted by molar-refractivity contribution is 8.03. The fraction of sp³-hybridized carbons (Fsp3) is 0.0500. The molecule has 0 bridgehead atoms. The van der Waals surface area contributed by atoms with Crippen molar-refractivity contribution in [2.45, 2.75) is 11.8 Å². The highest BCUT2D eigenvalue weighted by Crippen LogP contribution is 2.31. The molecule has 2 aromatic carbocycles. The molecule has 2 heterocycles. The lowest BCUT2D eigenvalue weighted by molar-refractivity contribution is 0.430. The second kappa shape index (κ2) is 7.98. The minimum Gasteiger partial charge on any atom is -0.493 e. The topological polar surface area (TPSA) is 124 Å². The van der Waals surface area contributed by atoms with Crippen LogP contribution in [0, 0.1) is 17.6 Å². The van der Waals surface area contributed by atoms with E-state index in [-0.39, 0.29) is 5.56 Å². The van der Waals surface area contributed by atoms with Gasteiger partial charge in [0.15, 0.2) is 0 Å². The first-order valence-corrected chi connectivity index (χ1v) is 10.3. The fourth-order valence-electron chi connectivity index (χ4n) is 2.77. The normalized spacial score (nSPS) is 11.2. The molecule has 8 nitrogen and oxygen atoms in total. The van der Waals surface area contributed by atoms with E-state index in [2.05, 4.69) is 15.0 Å². The summed E-state index contributed by atoms with van der Waals surface area (Å²) >= 11 is 2.33. The van der Waals surface area contributed by atoms with Crippen LogP contribution >= 0.6 is 23.1 Å². The van der Waals surface area contributed by atoms with Crippen LogP contribution in [0.5, 0.6) is 5.88 Å². The zero-order chi connectivity index (χ0) is 21.3. The van der Waals surface area contributed by atoms with Gasteiger partial charge in [0, 0.05) is 11.1 Å². The molecule has 4 rings (SSSR count). The molecule has 0 unspecified atom stereocenters. The maximum atomic E-state index is 12.2. The number of H-pyrrole nitrogens is 1.